The standard InChI is InChI=1S/C11H10Br2O/c1-2-8-3-5-9(6-4-8)11(14)10(13)7-12/h2-6,10H,1,7H2. The Morgan fingerprint density at radius 3 is 2.43 bits per heavy atom. The molecule has 0 radical (unpaired) electrons. The number of hydrogen-bond acceptors (Lipinski definition) is 1. The molecule has 0 amide bonds. The Morgan fingerprint density at radius 1 is 1.43 bits per heavy atom. The van der Waals surface area contributed by atoms with Crippen LogP contribution in [-0.2, 0) is 0 Å². The van der Waals surface area contributed by atoms with Crippen molar-refractivity contribution in [2.45, 2.75) is 4.83 Å². The van der Waals surface area contributed by atoms with Gasteiger partial charge >= 0.3 is 0 Å². The molecule has 0 saturated heterocycles. The van der Waals surface area contributed by atoms with Gasteiger partial charge in [0.2, 0.25) is 0 Å². The molecule has 1 rings (SSSR count). The molecule has 1 aromatic carbocycles. The lowest BCUT2D eigenvalue weighted by atomic mass is 10.1. The van der Waals surface area contributed by atoms with Crippen molar-refractivity contribution in [3.8, 4) is 0 Å². The van der Waals surface area contributed by atoms with Gasteiger partial charge in [-0.05, 0) is 5.56 Å². The first kappa shape index (κ1) is 11.7. The van der Waals surface area contributed by atoms with Gasteiger partial charge in [-0.15, -0.1) is 0 Å². The summed E-state index contributed by atoms with van der Waals surface area (Å²) >= 11 is 6.55. The van der Waals surface area contributed by atoms with E-state index in [1.54, 1.807) is 6.08 Å². The van der Waals surface area contributed by atoms with Crippen molar-refractivity contribution in [1.82, 2.24) is 0 Å². The van der Waals surface area contributed by atoms with Crippen LogP contribution >= 0.6 is 31.9 Å². The normalized spacial score (nSPS) is 12.1. The summed E-state index contributed by atoms with van der Waals surface area (Å²) in [5, 5.41) is 0.620. The van der Waals surface area contributed by atoms with Crippen LogP contribution in [0.4, 0.5) is 0 Å². The summed E-state index contributed by atoms with van der Waals surface area (Å²) in [7, 11) is 0. The Morgan fingerprint density at radius 2 is 2.00 bits per heavy atom. The summed E-state index contributed by atoms with van der Waals surface area (Å²) in [6, 6.07) is 7.40. The van der Waals surface area contributed by atoms with Crippen molar-refractivity contribution in [2.75, 3.05) is 5.33 Å². The summed E-state index contributed by atoms with van der Waals surface area (Å²) in [5.41, 5.74) is 1.74. The SMILES string of the molecule is C=Cc1ccc(C(=O)C(Br)CBr)cc1. The van der Waals surface area contributed by atoms with E-state index in [0.717, 1.165) is 11.1 Å². The highest BCUT2D eigenvalue weighted by Crippen LogP contribution is 2.13. The molecule has 0 saturated carbocycles. The molecular formula is C11H10Br2O. The fourth-order valence-corrected chi connectivity index (χ4v) is 1.59. The van der Waals surface area contributed by atoms with E-state index >= 15 is 0 Å². The first-order valence-corrected chi connectivity index (χ1v) is 6.19. The van der Waals surface area contributed by atoms with Gasteiger partial charge in [0.05, 0.1) is 4.83 Å². The molecule has 0 spiro atoms. The van der Waals surface area contributed by atoms with Crippen molar-refractivity contribution >= 4 is 43.7 Å². The summed E-state index contributed by atoms with van der Waals surface area (Å²) in [4.78, 5) is 11.5. The summed E-state index contributed by atoms with van der Waals surface area (Å²) in [6.07, 6.45) is 1.75. The third-order valence-electron chi connectivity index (χ3n) is 1.85. The van der Waals surface area contributed by atoms with Gasteiger partial charge in [0, 0.05) is 10.9 Å². The number of halogens is 2. The lowest BCUT2D eigenvalue weighted by molar-refractivity contribution is 0.0997. The van der Waals surface area contributed by atoms with Crippen LogP contribution in [0.3, 0.4) is 0 Å². The molecule has 0 N–H and O–H groups in total. The molecule has 1 nitrogen and oxygen atoms in total. The highest BCUT2D eigenvalue weighted by molar-refractivity contribution is 9.12. The second kappa shape index (κ2) is 5.47. The first-order chi connectivity index (χ1) is 6.69. The second-order valence-electron chi connectivity index (χ2n) is 2.81. The molecule has 0 bridgehead atoms. The Kier molecular flexibility index (Phi) is 4.55. The van der Waals surface area contributed by atoms with Crippen LogP contribution in [0.2, 0.25) is 0 Å². The van der Waals surface area contributed by atoms with Gasteiger partial charge < -0.3 is 0 Å². The molecule has 0 aromatic heterocycles. The number of ketones is 1. The molecule has 0 aliphatic carbocycles. The monoisotopic (exact) mass is 316 g/mol. The highest BCUT2D eigenvalue weighted by atomic mass is 79.9. The number of rotatable bonds is 4. The maximum atomic E-state index is 11.7. The van der Waals surface area contributed by atoms with Crippen LogP contribution in [0.15, 0.2) is 30.8 Å². The number of alkyl halides is 2. The Labute approximate surface area is 100 Å². The number of hydrogen-bond donors (Lipinski definition) is 0. The predicted molar refractivity (Wildman–Crippen MR) is 67.4 cm³/mol. The van der Waals surface area contributed by atoms with Gasteiger partial charge in [-0.1, -0.05) is 68.8 Å². The van der Waals surface area contributed by atoms with Crippen LogP contribution in [0, 0.1) is 0 Å². The van der Waals surface area contributed by atoms with Crippen molar-refractivity contribution < 1.29 is 4.79 Å². The molecule has 0 heterocycles. The van der Waals surface area contributed by atoms with Crippen molar-refractivity contribution in [1.29, 1.82) is 0 Å². The van der Waals surface area contributed by atoms with Crippen molar-refractivity contribution in [3.05, 3.63) is 42.0 Å². The zero-order chi connectivity index (χ0) is 10.6. The maximum Gasteiger partial charge on any atom is 0.177 e. The van der Waals surface area contributed by atoms with Crippen LogP contribution in [-0.4, -0.2) is 15.9 Å². The lowest BCUT2D eigenvalue weighted by Crippen LogP contribution is -2.15. The van der Waals surface area contributed by atoms with Crippen LogP contribution in [0.1, 0.15) is 15.9 Å². The fourth-order valence-electron chi connectivity index (χ4n) is 1.03. The minimum Gasteiger partial charge on any atom is -0.293 e. The number of carbonyl (C=O) groups excluding carboxylic acids is 1. The zero-order valence-corrected chi connectivity index (χ0v) is 10.7. The molecule has 1 aromatic rings. The van der Waals surface area contributed by atoms with Crippen molar-refractivity contribution in [2.24, 2.45) is 0 Å². The molecule has 1 atom stereocenters. The van der Waals surface area contributed by atoms with E-state index in [2.05, 4.69) is 38.4 Å². The molecule has 1 unspecified atom stereocenters. The number of carbonyl (C=O) groups is 1. The average Bonchev–Trinajstić information content (AvgIpc) is 2.27. The number of benzene rings is 1. The fraction of sp³-hybridized carbons (Fsp3) is 0.182. The number of Topliss-reactive ketones (excluding diaryl/α,β-unsaturated/α-hetero) is 1. The van der Waals surface area contributed by atoms with Crippen LogP contribution in [0.25, 0.3) is 6.08 Å². The van der Waals surface area contributed by atoms with Crippen LogP contribution < -0.4 is 0 Å². The predicted octanol–water partition coefficient (Wildman–Crippen LogP) is 3.67. The molecule has 14 heavy (non-hydrogen) atoms. The van der Waals surface area contributed by atoms with E-state index in [-0.39, 0.29) is 10.6 Å². The van der Waals surface area contributed by atoms with E-state index < -0.39 is 0 Å². The van der Waals surface area contributed by atoms with E-state index in [0.29, 0.717) is 5.33 Å². The zero-order valence-electron chi connectivity index (χ0n) is 7.54. The minimum atomic E-state index is -0.155. The smallest absolute Gasteiger partial charge is 0.177 e. The van der Waals surface area contributed by atoms with E-state index in [1.807, 2.05) is 24.3 Å². The molecule has 0 aliphatic heterocycles. The topological polar surface area (TPSA) is 17.1 Å². The van der Waals surface area contributed by atoms with E-state index in [1.165, 1.54) is 0 Å². The van der Waals surface area contributed by atoms with Gasteiger partial charge in [-0.3, -0.25) is 4.79 Å². The molecule has 0 aliphatic rings. The first-order valence-electron chi connectivity index (χ1n) is 4.15. The van der Waals surface area contributed by atoms with E-state index in [9.17, 15) is 4.79 Å². The van der Waals surface area contributed by atoms with Gasteiger partial charge in [0.25, 0.3) is 0 Å². The van der Waals surface area contributed by atoms with Gasteiger partial charge in [-0.2, -0.15) is 0 Å². The maximum absolute atomic E-state index is 11.7. The minimum absolute atomic E-state index is 0.0949. The van der Waals surface area contributed by atoms with Gasteiger partial charge in [0.15, 0.2) is 5.78 Å². The van der Waals surface area contributed by atoms with Gasteiger partial charge in [0.1, 0.15) is 0 Å². The summed E-state index contributed by atoms with van der Waals surface area (Å²) < 4.78 is 0. The van der Waals surface area contributed by atoms with Crippen LogP contribution in [0.5, 0.6) is 0 Å². The highest BCUT2D eigenvalue weighted by Gasteiger charge is 2.14. The Hall–Kier alpha value is -0.410. The summed E-state index contributed by atoms with van der Waals surface area (Å²) in [6.45, 7) is 3.66. The quantitative estimate of drug-likeness (QED) is 0.611. The molecule has 74 valence electrons. The second-order valence-corrected chi connectivity index (χ2v) is 4.57. The van der Waals surface area contributed by atoms with E-state index in [4.69, 9.17) is 0 Å². The van der Waals surface area contributed by atoms with Gasteiger partial charge in [-0.25, -0.2) is 0 Å². The molecule has 3 heteroatoms. The molecular weight excluding hydrogens is 308 g/mol. The Bertz CT molecular complexity index is 330. The third kappa shape index (κ3) is 2.79. The lowest BCUT2D eigenvalue weighted by Gasteiger charge is -2.04. The molecule has 0 fully saturated rings. The summed E-state index contributed by atoms with van der Waals surface area (Å²) in [5.74, 6) is 0.0949. The largest absolute Gasteiger partial charge is 0.293 e. The van der Waals surface area contributed by atoms with Crippen molar-refractivity contribution in [3.63, 3.8) is 0 Å². The average molecular weight is 318 g/mol. The Balaban J connectivity index is 2.86. The third-order valence-corrected chi connectivity index (χ3v) is 4.11.